The topological polar surface area (TPSA) is 37.2 Å². The van der Waals surface area contributed by atoms with E-state index < -0.39 is 0 Å². The molecular formula is C10H19ClN2O. The highest BCUT2D eigenvalue weighted by Gasteiger charge is 2.14. The fourth-order valence-corrected chi connectivity index (χ4v) is 1.07. The monoisotopic (exact) mass is 218 g/mol. The highest BCUT2D eigenvalue weighted by Crippen LogP contribution is 2.04. The number of hydrogen-bond donors (Lipinski definition) is 2. The van der Waals surface area contributed by atoms with E-state index in [2.05, 4.69) is 16.0 Å². The first-order valence-electron chi connectivity index (χ1n) is 4.51. The first-order chi connectivity index (χ1) is 6.05. The van der Waals surface area contributed by atoms with Crippen LogP contribution in [-0.2, 0) is 13.6 Å². The molecule has 0 aliphatic rings. The fourth-order valence-electron chi connectivity index (χ4n) is 1.07. The summed E-state index contributed by atoms with van der Waals surface area (Å²) in [4.78, 5) is 0. The van der Waals surface area contributed by atoms with Crippen LogP contribution < -0.4 is 5.32 Å². The average Bonchev–Trinajstić information content (AvgIpc) is 2.48. The Morgan fingerprint density at radius 2 is 2.14 bits per heavy atom. The summed E-state index contributed by atoms with van der Waals surface area (Å²) in [5.74, 6) is 0. The Balaban J connectivity index is 0.00000169. The van der Waals surface area contributed by atoms with Gasteiger partial charge in [-0.1, -0.05) is 0 Å². The lowest BCUT2D eigenvalue weighted by Crippen LogP contribution is -2.42. The lowest BCUT2D eigenvalue weighted by Gasteiger charge is -2.23. The van der Waals surface area contributed by atoms with Crippen molar-refractivity contribution in [2.75, 3.05) is 6.61 Å². The molecule has 82 valence electrons. The molecule has 1 rings (SSSR count). The highest BCUT2D eigenvalue weighted by atomic mass is 35.5. The third-order valence-corrected chi connectivity index (χ3v) is 2.19. The van der Waals surface area contributed by atoms with E-state index in [1.807, 2.05) is 33.2 Å². The van der Waals surface area contributed by atoms with Gasteiger partial charge in [-0.15, -0.1) is 12.4 Å². The van der Waals surface area contributed by atoms with Gasteiger partial charge >= 0.3 is 0 Å². The summed E-state index contributed by atoms with van der Waals surface area (Å²) in [6, 6.07) is 4.09. The van der Waals surface area contributed by atoms with E-state index in [0.29, 0.717) is 0 Å². The molecule has 0 amide bonds. The molecule has 0 saturated heterocycles. The van der Waals surface area contributed by atoms with Gasteiger partial charge in [0.2, 0.25) is 0 Å². The Hall–Kier alpha value is -0.510. The standard InChI is InChI=1S/C10H18N2O.ClH/c1-10(2,8-13)11-7-9-5-4-6-12(9)3;/h4-6,11,13H,7-8H2,1-3H3;1H. The van der Waals surface area contributed by atoms with Crippen LogP contribution in [0, 0.1) is 0 Å². The van der Waals surface area contributed by atoms with Gasteiger partial charge in [0.15, 0.2) is 0 Å². The van der Waals surface area contributed by atoms with Crippen LogP contribution in [0.2, 0.25) is 0 Å². The summed E-state index contributed by atoms with van der Waals surface area (Å²) in [7, 11) is 2.02. The molecule has 1 aromatic heterocycles. The van der Waals surface area contributed by atoms with Crippen molar-refractivity contribution in [2.24, 2.45) is 7.05 Å². The van der Waals surface area contributed by atoms with E-state index >= 15 is 0 Å². The van der Waals surface area contributed by atoms with Crippen LogP contribution in [0.25, 0.3) is 0 Å². The molecule has 2 N–H and O–H groups in total. The number of rotatable bonds is 4. The maximum Gasteiger partial charge on any atom is 0.0607 e. The van der Waals surface area contributed by atoms with Crippen LogP contribution in [0.1, 0.15) is 19.5 Å². The van der Waals surface area contributed by atoms with Crippen LogP contribution in [0.3, 0.4) is 0 Å². The molecule has 14 heavy (non-hydrogen) atoms. The zero-order valence-corrected chi connectivity index (χ0v) is 9.77. The summed E-state index contributed by atoms with van der Waals surface area (Å²) < 4.78 is 2.07. The number of aliphatic hydroxyl groups excluding tert-OH is 1. The molecule has 0 aliphatic carbocycles. The molecule has 0 bridgehead atoms. The van der Waals surface area contributed by atoms with Crippen molar-refractivity contribution < 1.29 is 5.11 Å². The fraction of sp³-hybridized carbons (Fsp3) is 0.600. The third kappa shape index (κ3) is 3.70. The molecule has 0 saturated carbocycles. The van der Waals surface area contributed by atoms with E-state index in [1.165, 1.54) is 5.69 Å². The van der Waals surface area contributed by atoms with Crippen molar-refractivity contribution in [1.82, 2.24) is 9.88 Å². The zero-order valence-electron chi connectivity index (χ0n) is 8.95. The lowest BCUT2D eigenvalue weighted by atomic mass is 10.1. The first-order valence-corrected chi connectivity index (χ1v) is 4.51. The average molecular weight is 219 g/mol. The van der Waals surface area contributed by atoms with Crippen LogP contribution in [0.15, 0.2) is 18.3 Å². The van der Waals surface area contributed by atoms with E-state index in [-0.39, 0.29) is 24.6 Å². The van der Waals surface area contributed by atoms with Crippen molar-refractivity contribution in [3.8, 4) is 0 Å². The maximum absolute atomic E-state index is 9.02. The number of aromatic nitrogens is 1. The molecule has 0 aromatic carbocycles. The second-order valence-corrected chi connectivity index (χ2v) is 4.01. The van der Waals surface area contributed by atoms with Crippen LogP contribution in [0.5, 0.6) is 0 Å². The van der Waals surface area contributed by atoms with Crippen molar-refractivity contribution >= 4 is 12.4 Å². The molecule has 0 aliphatic heterocycles. The number of nitrogens with one attached hydrogen (secondary N) is 1. The summed E-state index contributed by atoms with van der Waals surface area (Å²) in [6.45, 7) is 4.90. The summed E-state index contributed by atoms with van der Waals surface area (Å²) >= 11 is 0. The van der Waals surface area contributed by atoms with Crippen LogP contribution in [0.4, 0.5) is 0 Å². The molecule has 0 unspecified atom stereocenters. The van der Waals surface area contributed by atoms with Crippen molar-refractivity contribution in [3.63, 3.8) is 0 Å². The Morgan fingerprint density at radius 1 is 1.50 bits per heavy atom. The second-order valence-electron chi connectivity index (χ2n) is 4.01. The van der Waals surface area contributed by atoms with Gasteiger partial charge in [0, 0.05) is 31.0 Å². The number of aliphatic hydroxyl groups is 1. The molecule has 1 aromatic rings. The van der Waals surface area contributed by atoms with E-state index in [1.54, 1.807) is 0 Å². The van der Waals surface area contributed by atoms with Crippen molar-refractivity contribution in [1.29, 1.82) is 0 Å². The van der Waals surface area contributed by atoms with E-state index in [9.17, 15) is 0 Å². The molecular weight excluding hydrogens is 200 g/mol. The quantitative estimate of drug-likeness (QED) is 0.800. The van der Waals surface area contributed by atoms with Gasteiger partial charge in [-0.05, 0) is 26.0 Å². The van der Waals surface area contributed by atoms with Crippen molar-refractivity contribution in [3.05, 3.63) is 24.0 Å². The predicted octanol–water partition coefficient (Wildman–Crippen LogP) is 1.31. The summed E-state index contributed by atoms with van der Waals surface area (Å²) in [5.41, 5.74) is 1.02. The van der Waals surface area contributed by atoms with Gasteiger partial charge < -0.3 is 15.0 Å². The van der Waals surface area contributed by atoms with Crippen LogP contribution >= 0.6 is 12.4 Å². The number of aryl methyl sites for hydroxylation is 1. The zero-order chi connectivity index (χ0) is 9.90. The summed E-state index contributed by atoms with van der Waals surface area (Å²) in [5, 5.41) is 12.3. The number of halogens is 1. The largest absolute Gasteiger partial charge is 0.394 e. The van der Waals surface area contributed by atoms with Gasteiger partial charge in [0.25, 0.3) is 0 Å². The summed E-state index contributed by atoms with van der Waals surface area (Å²) in [6.07, 6.45) is 2.02. The molecule has 1 heterocycles. The molecule has 0 atom stereocenters. The Kier molecular flexibility index (Phi) is 5.19. The van der Waals surface area contributed by atoms with Crippen LogP contribution in [-0.4, -0.2) is 21.8 Å². The SMILES string of the molecule is Cl.Cn1cccc1CNC(C)(C)CO. The molecule has 0 spiro atoms. The predicted molar refractivity (Wildman–Crippen MR) is 60.7 cm³/mol. The second kappa shape index (κ2) is 5.39. The molecule has 0 fully saturated rings. The smallest absolute Gasteiger partial charge is 0.0607 e. The molecule has 4 heteroatoms. The molecule has 0 radical (unpaired) electrons. The Bertz CT molecular complexity index is 271. The van der Waals surface area contributed by atoms with E-state index in [0.717, 1.165) is 6.54 Å². The normalized spacial score (nSPS) is 11.1. The number of hydrogen-bond acceptors (Lipinski definition) is 2. The number of nitrogens with zero attached hydrogens (tertiary/aromatic N) is 1. The maximum atomic E-state index is 9.02. The van der Waals surface area contributed by atoms with E-state index in [4.69, 9.17) is 5.11 Å². The molecule has 3 nitrogen and oxygen atoms in total. The third-order valence-electron chi connectivity index (χ3n) is 2.19. The minimum Gasteiger partial charge on any atom is -0.394 e. The van der Waals surface area contributed by atoms with Gasteiger partial charge in [-0.3, -0.25) is 0 Å². The Labute approximate surface area is 91.5 Å². The van der Waals surface area contributed by atoms with Crippen molar-refractivity contribution in [2.45, 2.75) is 25.9 Å². The highest BCUT2D eigenvalue weighted by molar-refractivity contribution is 5.85. The Morgan fingerprint density at radius 3 is 2.57 bits per heavy atom. The van der Waals surface area contributed by atoms with Gasteiger partial charge in [0.05, 0.1) is 6.61 Å². The minimum absolute atomic E-state index is 0. The van der Waals surface area contributed by atoms with Gasteiger partial charge in [0.1, 0.15) is 0 Å². The lowest BCUT2D eigenvalue weighted by molar-refractivity contribution is 0.186. The first kappa shape index (κ1) is 13.5. The van der Waals surface area contributed by atoms with Gasteiger partial charge in [-0.25, -0.2) is 0 Å². The minimum atomic E-state index is -0.204. The van der Waals surface area contributed by atoms with Gasteiger partial charge in [-0.2, -0.15) is 0 Å².